The quantitative estimate of drug-likeness (QED) is 0.735. The zero-order chi connectivity index (χ0) is 11.5. The first-order chi connectivity index (χ1) is 6.95. The third kappa shape index (κ3) is 3.23. The first-order valence-corrected chi connectivity index (χ1v) is 4.62. The topological polar surface area (TPSA) is 17.1 Å². The molecule has 0 bridgehead atoms. The monoisotopic (exact) mass is 236 g/mol. The van der Waals surface area contributed by atoms with Crippen molar-refractivity contribution in [3.8, 4) is 0 Å². The molecule has 0 aliphatic carbocycles. The highest BCUT2D eigenvalue weighted by atomic mass is 35.5. The van der Waals surface area contributed by atoms with Crippen molar-refractivity contribution < 1.29 is 18.0 Å². The minimum atomic E-state index is -4.43. The molecule has 0 spiro atoms. The molecule has 0 aromatic heterocycles. The molecule has 0 amide bonds. The number of hydrogen-bond acceptors (Lipinski definition) is 1. The Morgan fingerprint density at radius 2 is 2.00 bits per heavy atom. The first-order valence-electron chi connectivity index (χ1n) is 4.24. The van der Waals surface area contributed by atoms with Crippen LogP contribution in [0.5, 0.6) is 0 Å². The van der Waals surface area contributed by atoms with E-state index in [4.69, 9.17) is 11.6 Å². The molecule has 1 aromatic rings. The summed E-state index contributed by atoms with van der Waals surface area (Å²) in [7, 11) is 0. The van der Waals surface area contributed by atoms with Crippen LogP contribution in [0.15, 0.2) is 18.2 Å². The molecule has 82 valence electrons. The molecule has 1 rings (SSSR count). The van der Waals surface area contributed by atoms with Gasteiger partial charge in [0, 0.05) is 6.42 Å². The summed E-state index contributed by atoms with van der Waals surface area (Å²) in [6.07, 6.45) is -3.03. The second kappa shape index (κ2) is 4.66. The zero-order valence-corrected chi connectivity index (χ0v) is 8.40. The van der Waals surface area contributed by atoms with Crippen LogP contribution >= 0.6 is 11.6 Å². The molecule has 0 atom stereocenters. The molecule has 5 heteroatoms. The van der Waals surface area contributed by atoms with Gasteiger partial charge >= 0.3 is 6.18 Å². The van der Waals surface area contributed by atoms with Crippen LogP contribution in [-0.2, 0) is 17.4 Å². The number of aldehydes is 1. The third-order valence-electron chi connectivity index (χ3n) is 1.89. The van der Waals surface area contributed by atoms with Gasteiger partial charge in [0.2, 0.25) is 0 Å². The van der Waals surface area contributed by atoms with E-state index in [-0.39, 0.29) is 11.4 Å². The normalized spacial score (nSPS) is 11.5. The Balaban J connectivity index is 2.93. The van der Waals surface area contributed by atoms with Crippen LogP contribution in [0.3, 0.4) is 0 Å². The minimum absolute atomic E-state index is 0.279. The highest BCUT2D eigenvalue weighted by molar-refractivity contribution is 6.31. The van der Waals surface area contributed by atoms with Crippen LogP contribution < -0.4 is 0 Å². The zero-order valence-electron chi connectivity index (χ0n) is 7.64. The maximum absolute atomic E-state index is 12.3. The summed E-state index contributed by atoms with van der Waals surface area (Å²) < 4.78 is 36.9. The van der Waals surface area contributed by atoms with Gasteiger partial charge in [0.1, 0.15) is 6.29 Å². The molecule has 0 saturated carbocycles. The van der Waals surface area contributed by atoms with Crippen LogP contribution in [0.2, 0.25) is 5.02 Å². The van der Waals surface area contributed by atoms with Gasteiger partial charge in [-0.3, -0.25) is 0 Å². The standard InChI is InChI=1S/C10H8ClF3O/c11-9-6-7(2-1-5-15)3-4-8(9)10(12,13)14/h3-6H,1-2H2. The van der Waals surface area contributed by atoms with Gasteiger partial charge in [-0.1, -0.05) is 17.7 Å². The summed E-state index contributed by atoms with van der Waals surface area (Å²) in [4.78, 5) is 10.1. The second-order valence-corrected chi connectivity index (χ2v) is 3.42. The lowest BCUT2D eigenvalue weighted by Gasteiger charge is -2.09. The predicted octanol–water partition coefficient (Wildman–Crippen LogP) is 3.49. The summed E-state index contributed by atoms with van der Waals surface area (Å²) in [6.45, 7) is 0. The van der Waals surface area contributed by atoms with E-state index in [1.807, 2.05) is 0 Å². The van der Waals surface area contributed by atoms with Crippen molar-refractivity contribution in [2.24, 2.45) is 0 Å². The minimum Gasteiger partial charge on any atom is -0.303 e. The maximum atomic E-state index is 12.3. The van der Waals surface area contributed by atoms with Crippen LogP contribution in [0.1, 0.15) is 17.5 Å². The van der Waals surface area contributed by atoms with Gasteiger partial charge in [-0.15, -0.1) is 0 Å². The van der Waals surface area contributed by atoms with Gasteiger partial charge in [0.05, 0.1) is 10.6 Å². The smallest absolute Gasteiger partial charge is 0.303 e. The van der Waals surface area contributed by atoms with Crippen LogP contribution in [-0.4, -0.2) is 6.29 Å². The second-order valence-electron chi connectivity index (χ2n) is 3.02. The fourth-order valence-corrected chi connectivity index (χ4v) is 1.48. The molecule has 0 fully saturated rings. The van der Waals surface area contributed by atoms with E-state index in [0.717, 1.165) is 6.07 Å². The lowest BCUT2D eigenvalue weighted by atomic mass is 10.1. The molecule has 0 aliphatic heterocycles. The Morgan fingerprint density at radius 3 is 2.47 bits per heavy atom. The number of carbonyl (C=O) groups is 1. The third-order valence-corrected chi connectivity index (χ3v) is 2.20. The lowest BCUT2D eigenvalue weighted by Crippen LogP contribution is -2.06. The Kier molecular flexibility index (Phi) is 3.74. The van der Waals surface area contributed by atoms with Gasteiger partial charge in [-0.2, -0.15) is 13.2 Å². The predicted molar refractivity (Wildman–Crippen MR) is 50.8 cm³/mol. The Morgan fingerprint density at radius 1 is 1.33 bits per heavy atom. The van der Waals surface area contributed by atoms with Crippen molar-refractivity contribution >= 4 is 17.9 Å². The Labute approximate surface area is 89.9 Å². The van der Waals surface area contributed by atoms with E-state index in [2.05, 4.69) is 0 Å². The first kappa shape index (κ1) is 12.0. The van der Waals surface area contributed by atoms with Gasteiger partial charge in [0.15, 0.2) is 0 Å². The van der Waals surface area contributed by atoms with Crippen LogP contribution in [0.4, 0.5) is 13.2 Å². The molecule has 0 saturated heterocycles. The van der Waals surface area contributed by atoms with Gasteiger partial charge < -0.3 is 4.79 Å². The molecule has 0 unspecified atom stereocenters. The van der Waals surface area contributed by atoms with Crippen LogP contribution in [0, 0.1) is 0 Å². The average molecular weight is 237 g/mol. The number of carbonyl (C=O) groups excluding carboxylic acids is 1. The average Bonchev–Trinajstić information content (AvgIpc) is 2.12. The number of rotatable bonds is 3. The molecule has 0 aliphatic rings. The van der Waals surface area contributed by atoms with Crippen molar-refractivity contribution in [2.45, 2.75) is 19.0 Å². The van der Waals surface area contributed by atoms with Crippen LogP contribution in [0.25, 0.3) is 0 Å². The fourth-order valence-electron chi connectivity index (χ4n) is 1.17. The molecule has 15 heavy (non-hydrogen) atoms. The van der Waals surface area contributed by atoms with E-state index < -0.39 is 11.7 Å². The summed E-state index contributed by atoms with van der Waals surface area (Å²) >= 11 is 5.48. The molecule has 0 heterocycles. The van der Waals surface area contributed by atoms with E-state index >= 15 is 0 Å². The SMILES string of the molecule is O=CCCc1ccc(C(F)(F)F)c(Cl)c1. The van der Waals surface area contributed by atoms with Crippen molar-refractivity contribution in [1.82, 2.24) is 0 Å². The Hall–Kier alpha value is -1.03. The van der Waals surface area contributed by atoms with Crippen molar-refractivity contribution in [3.05, 3.63) is 34.3 Å². The summed E-state index contributed by atoms with van der Waals surface area (Å²) in [5, 5.41) is -0.328. The van der Waals surface area contributed by atoms with E-state index in [0.29, 0.717) is 18.3 Å². The molecule has 1 aromatic carbocycles. The van der Waals surface area contributed by atoms with E-state index in [1.165, 1.54) is 12.1 Å². The van der Waals surface area contributed by atoms with E-state index in [1.54, 1.807) is 0 Å². The number of hydrogen-bond donors (Lipinski definition) is 0. The molecular weight excluding hydrogens is 229 g/mol. The van der Waals surface area contributed by atoms with Crippen molar-refractivity contribution in [1.29, 1.82) is 0 Å². The number of halogens is 4. The van der Waals surface area contributed by atoms with E-state index in [9.17, 15) is 18.0 Å². The highest BCUT2D eigenvalue weighted by Gasteiger charge is 2.32. The fraction of sp³-hybridized carbons (Fsp3) is 0.300. The number of benzene rings is 1. The number of aryl methyl sites for hydroxylation is 1. The largest absolute Gasteiger partial charge is 0.417 e. The van der Waals surface area contributed by atoms with Crippen molar-refractivity contribution in [3.63, 3.8) is 0 Å². The number of alkyl halides is 3. The molecular formula is C10H8ClF3O. The molecule has 0 radical (unpaired) electrons. The highest BCUT2D eigenvalue weighted by Crippen LogP contribution is 2.34. The molecule has 1 nitrogen and oxygen atoms in total. The summed E-state index contributed by atoms with van der Waals surface area (Å²) in [5.41, 5.74) is -0.223. The Bertz CT molecular complexity index is 360. The van der Waals surface area contributed by atoms with Gasteiger partial charge in [-0.05, 0) is 24.1 Å². The summed E-state index contributed by atoms with van der Waals surface area (Å²) in [6, 6.07) is 3.51. The van der Waals surface area contributed by atoms with Gasteiger partial charge in [0.25, 0.3) is 0 Å². The van der Waals surface area contributed by atoms with Crippen molar-refractivity contribution in [2.75, 3.05) is 0 Å². The molecule has 0 N–H and O–H groups in total. The maximum Gasteiger partial charge on any atom is 0.417 e. The summed E-state index contributed by atoms with van der Waals surface area (Å²) in [5.74, 6) is 0. The van der Waals surface area contributed by atoms with Gasteiger partial charge in [-0.25, -0.2) is 0 Å². The lowest BCUT2D eigenvalue weighted by molar-refractivity contribution is -0.137.